The number of carbonyl (C=O) groups excluding carboxylic acids is 1. The Morgan fingerprint density at radius 2 is 1.88 bits per heavy atom. The maximum absolute atomic E-state index is 11.6. The second-order valence-electron chi connectivity index (χ2n) is 6.20. The minimum Gasteiger partial charge on any atom is -0.465 e. The number of carbonyl (C=O) groups is 1. The van der Waals surface area contributed by atoms with E-state index in [-0.39, 0.29) is 12.0 Å². The zero-order chi connectivity index (χ0) is 17.4. The van der Waals surface area contributed by atoms with Gasteiger partial charge in [-0.2, -0.15) is 0 Å². The lowest BCUT2D eigenvalue weighted by atomic mass is 9.83. The van der Waals surface area contributed by atoms with Gasteiger partial charge in [-0.1, -0.05) is 36.4 Å². The Balaban J connectivity index is 1.75. The van der Waals surface area contributed by atoms with E-state index in [2.05, 4.69) is 34.9 Å². The van der Waals surface area contributed by atoms with Gasteiger partial charge in [0.25, 0.3) is 0 Å². The van der Waals surface area contributed by atoms with Crippen LogP contribution in [0.4, 0.5) is 0 Å². The third kappa shape index (κ3) is 2.81. The van der Waals surface area contributed by atoms with Crippen LogP contribution in [0.25, 0.3) is 5.70 Å². The molecule has 0 saturated carbocycles. The van der Waals surface area contributed by atoms with Crippen LogP contribution in [0, 0.1) is 0 Å². The van der Waals surface area contributed by atoms with Crippen molar-refractivity contribution in [2.45, 2.75) is 18.9 Å². The van der Waals surface area contributed by atoms with E-state index in [9.17, 15) is 4.79 Å². The van der Waals surface area contributed by atoms with Crippen LogP contribution in [0.1, 0.15) is 39.5 Å². The zero-order valence-electron chi connectivity index (χ0n) is 13.8. The summed E-state index contributed by atoms with van der Waals surface area (Å²) < 4.78 is 4.77. The number of nitrogens with one attached hydrogen (secondary N) is 2. The molecule has 1 heterocycles. The standard InChI is InChI=1S/C20H18N2O2S/c1-24-19(23)14-8-6-13(7-9-14)17-16-11-10-12-4-2-3-5-15(12)18(16)22-20(25)21-17/h2-9,17H,10-11H2,1H3,(H2,21,22,25)/t17-/m1/s1. The highest BCUT2D eigenvalue weighted by molar-refractivity contribution is 7.80. The average Bonchev–Trinajstić information content (AvgIpc) is 2.66. The van der Waals surface area contributed by atoms with Gasteiger partial charge in [-0.3, -0.25) is 0 Å². The molecule has 2 N–H and O–H groups in total. The molecule has 0 amide bonds. The van der Waals surface area contributed by atoms with Crippen LogP contribution in [-0.4, -0.2) is 18.2 Å². The van der Waals surface area contributed by atoms with Crippen LogP contribution in [0.5, 0.6) is 0 Å². The first-order valence-corrected chi connectivity index (χ1v) is 8.65. The minimum atomic E-state index is -0.327. The first-order valence-electron chi connectivity index (χ1n) is 8.24. The molecule has 1 atom stereocenters. The molecule has 25 heavy (non-hydrogen) atoms. The van der Waals surface area contributed by atoms with E-state index in [1.807, 2.05) is 12.1 Å². The van der Waals surface area contributed by atoms with Gasteiger partial charge in [0.05, 0.1) is 18.7 Å². The summed E-state index contributed by atoms with van der Waals surface area (Å²) in [5, 5.41) is 7.33. The van der Waals surface area contributed by atoms with E-state index in [4.69, 9.17) is 17.0 Å². The number of hydrogen-bond acceptors (Lipinski definition) is 3. The second-order valence-corrected chi connectivity index (χ2v) is 6.61. The monoisotopic (exact) mass is 350 g/mol. The summed E-state index contributed by atoms with van der Waals surface area (Å²) in [6.07, 6.45) is 1.99. The molecule has 2 aliphatic rings. The Kier molecular flexibility index (Phi) is 4.01. The Hall–Kier alpha value is -2.66. The summed E-state index contributed by atoms with van der Waals surface area (Å²) in [7, 11) is 1.39. The van der Waals surface area contributed by atoms with Gasteiger partial charge in [0.15, 0.2) is 5.11 Å². The van der Waals surface area contributed by atoms with Gasteiger partial charge < -0.3 is 15.4 Å². The fourth-order valence-corrected chi connectivity index (χ4v) is 3.79. The van der Waals surface area contributed by atoms with Crippen LogP contribution in [0.2, 0.25) is 0 Å². The maximum atomic E-state index is 11.6. The van der Waals surface area contributed by atoms with Gasteiger partial charge >= 0.3 is 5.97 Å². The Morgan fingerprint density at radius 3 is 2.64 bits per heavy atom. The SMILES string of the molecule is COC(=O)c1ccc([C@H]2NC(=S)NC3=C2CCc2ccccc23)cc1. The fraction of sp³-hybridized carbons (Fsp3) is 0.200. The van der Waals surface area contributed by atoms with Gasteiger partial charge in [0, 0.05) is 11.3 Å². The van der Waals surface area contributed by atoms with Crippen LogP contribution in [-0.2, 0) is 11.2 Å². The van der Waals surface area contributed by atoms with E-state index in [0.717, 1.165) is 24.1 Å². The van der Waals surface area contributed by atoms with Crippen molar-refractivity contribution >= 4 is 29.0 Å². The number of rotatable bonds is 2. The second kappa shape index (κ2) is 6.33. The normalized spacial score (nSPS) is 18.6. The molecule has 0 unspecified atom stereocenters. The first kappa shape index (κ1) is 15.8. The Bertz CT molecular complexity index is 887. The highest BCUT2D eigenvalue weighted by Crippen LogP contribution is 2.38. The zero-order valence-corrected chi connectivity index (χ0v) is 14.7. The number of aryl methyl sites for hydroxylation is 1. The lowest BCUT2D eigenvalue weighted by Gasteiger charge is -2.35. The van der Waals surface area contributed by atoms with Crippen LogP contribution in [0.15, 0.2) is 54.1 Å². The van der Waals surface area contributed by atoms with E-state index >= 15 is 0 Å². The highest BCUT2D eigenvalue weighted by Gasteiger charge is 2.30. The number of ether oxygens (including phenoxy) is 1. The largest absolute Gasteiger partial charge is 0.465 e. The molecule has 5 heteroatoms. The van der Waals surface area contributed by atoms with Crippen molar-refractivity contribution in [1.29, 1.82) is 0 Å². The summed E-state index contributed by atoms with van der Waals surface area (Å²) in [4.78, 5) is 11.6. The van der Waals surface area contributed by atoms with Crippen molar-refractivity contribution < 1.29 is 9.53 Å². The maximum Gasteiger partial charge on any atom is 0.337 e. The minimum absolute atomic E-state index is 0.0174. The number of benzene rings is 2. The number of esters is 1. The number of fused-ring (bicyclic) bond motifs is 2. The van der Waals surface area contributed by atoms with E-state index in [0.29, 0.717) is 10.7 Å². The van der Waals surface area contributed by atoms with Crippen molar-refractivity contribution in [2.75, 3.05) is 7.11 Å². The summed E-state index contributed by atoms with van der Waals surface area (Å²) in [6, 6.07) is 16.0. The predicted octanol–water partition coefficient (Wildman–Crippen LogP) is 3.35. The molecule has 0 aromatic heterocycles. The summed E-state index contributed by atoms with van der Waals surface area (Å²) in [6.45, 7) is 0. The molecule has 1 aliphatic heterocycles. The van der Waals surface area contributed by atoms with E-state index in [1.54, 1.807) is 12.1 Å². The summed E-state index contributed by atoms with van der Waals surface area (Å²) in [5.74, 6) is -0.327. The molecule has 0 spiro atoms. The van der Waals surface area contributed by atoms with Crippen LogP contribution < -0.4 is 10.6 Å². The summed E-state index contributed by atoms with van der Waals surface area (Å²) >= 11 is 5.44. The van der Waals surface area contributed by atoms with Crippen molar-refractivity contribution in [3.63, 3.8) is 0 Å². The van der Waals surface area contributed by atoms with Crippen molar-refractivity contribution in [2.24, 2.45) is 0 Å². The first-order chi connectivity index (χ1) is 12.2. The molecule has 2 aromatic carbocycles. The van der Waals surface area contributed by atoms with Gasteiger partial charge in [0.1, 0.15) is 0 Å². The molecule has 126 valence electrons. The van der Waals surface area contributed by atoms with Gasteiger partial charge in [0.2, 0.25) is 0 Å². The number of hydrogen-bond donors (Lipinski definition) is 2. The van der Waals surface area contributed by atoms with Gasteiger partial charge in [-0.25, -0.2) is 4.79 Å². The number of methoxy groups -OCH3 is 1. The molecular formula is C20H18N2O2S. The molecule has 2 aromatic rings. The number of thiocarbonyl (C=S) groups is 1. The highest BCUT2D eigenvalue weighted by atomic mass is 32.1. The Morgan fingerprint density at radius 1 is 1.12 bits per heavy atom. The van der Waals surface area contributed by atoms with Crippen LogP contribution in [0.3, 0.4) is 0 Å². The topological polar surface area (TPSA) is 50.4 Å². The van der Waals surface area contributed by atoms with E-state index < -0.39 is 0 Å². The lowest BCUT2D eigenvalue weighted by Crippen LogP contribution is -2.44. The average molecular weight is 350 g/mol. The Labute approximate surface area is 151 Å². The molecule has 4 rings (SSSR count). The molecule has 0 saturated heterocycles. The van der Waals surface area contributed by atoms with Crippen molar-refractivity contribution in [3.05, 3.63) is 76.4 Å². The fourth-order valence-electron chi connectivity index (χ4n) is 3.57. The van der Waals surface area contributed by atoms with E-state index in [1.165, 1.54) is 23.8 Å². The molecule has 0 bridgehead atoms. The third-order valence-corrected chi connectivity index (χ3v) is 5.02. The molecule has 4 nitrogen and oxygen atoms in total. The molecule has 1 aliphatic carbocycles. The summed E-state index contributed by atoms with van der Waals surface area (Å²) in [5.41, 5.74) is 6.63. The van der Waals surface area contributed by atoms with Gasteiger partial charge in [-0.05, 0) is 53.9 Å². The molecular weight excluding hydrogens is 332 g/mol. The molecule has 0 radical (unpaired) electrons. The quantitative estimate of drug-likeness (QED) is 0.643. The van der Waals surface area contributed by atoms with Crippen LogP contribution >= 0.6 is 12.2 Å². The lowest BCUT2D eigenvalue weighted by molar-refractivity contribution is 0.0600. The van der Waals surface area contributed by atoms with Crippen molar-refractivity contribution in [1.82, 2.24) is 10.6 Å². The van der Waals surface area contributed by atoms with Crippen molar-refractivity contribution in [3.8, 4) is 0 Å². The molecule has 0 fully saturated rings. The third-order valence-electron chi connectivity index (χ3n) is 4.80. The smallest absolute Gasteiger partial charge is 0.337 e. The van der Waals surface area contributed by atoms with Gasteiger partial charge in [-0.15, -0.1) is 0 Å². The predicted molar refractivity (Wildman–Crippen MR) is 101 cm³/mol.